The molecule has 0 aromatic rings. The van der Waals surface area contributed by atoms with Crippen LogP contribution in [0.2, 0.25) is 0 Å². The van der Waals surface area contributed by atoms with Gasteiger partial charge in [-0.2, -0.15) is 0 Å². The first-order valence-electron chi connectivity index (χ1n) is 4.31. The number of hydrogen-bond acceptors (Lipinski definition) is 3. The van der Waals surface area contributed by atoms with Crippen molar-refractivity contribution in [3.05, 3.63) is 0 Å². The molecule has 64 valence electrons. The van der Waals surface area contributed by atoms with Crippen LogP contribution < -0.4 is 0 Å². The minimum atomic E-state index is -0.399. The molecule has 1 saturated carbocycles. The molecular weight excluding hydrogens is 144 g/mol. The number of aliphatic hydroxyl groups is 1. The maximum absolute atomic E-state index is 9.40. The molecule has 1 N–H and O–H groups in total. The monoisotopic (exact) mass is 158 g/mol. The van der Waals surface area contributed by atoms with Crippen LogP contribution in [0.15, 0.2) is 0 Å². The first-order valence-corrected chi connectivity index (χ1v) is 4.31. The Balaban J connectivity index is 1.78. The highest BCUT2D eigenvalue weighted by Crippen LogP contribution is 2.28. The lowest BCUT2D eigenvalue weighted by Gasteiger charge is -2.27. The Morgan fingerprint density at radius 1 is 1.27 bits per heavy atom. The lowest BCUT2D eigenvalue weighted by molar-refractivity contribution is -0.219. The van der Waals surface area contributed by atoms with E-state index in [4.69, 9.17) is 9.47 Å². The minimum absolute atomic E-state index is 0.337. The molecule has 0 radical (unpaired) electrons. The molecule has 3 nitrogen and oxygen atoms in total. The fourth-order valence-electron chi connectivity index (χ4n) is 1.26. The second-order valence-electron chi connectivity index (χ2n) is 3.28. The van der Waals surface area contributed by atoms with Gasteiger partial charge in [0, 0.05) is 6.61 Å². The molecule has 0 unspecified atom stereocenters. The Morgan fingerprint density at radius 2 is 2.09 bits per heavy atom. The molecule has 11 heavy (non-hydrogen) atoms. The molecule has 1 saturated heterocycles. The van der Waals surface area contributed by atoms with Gasteiger partial charge < -0.3 is 14.6 Å². The van der Waals surface area contributed by atoms with E-state index in [-0.39, 0.29) is 6.29 Å². The second-order valence-corrected chi connectivity index (χ2v) is 3.28. The molecule has 3 heteroatoms. The quantitative estimate of drug-likeness (QED) is 0.641. The molecule has 1 aliphatic carbocycles. The van der Waals surface area contributed by atoms with E-state index < -0.39 is 6.10 Å². The summed E-state index contributed by atoms with van der Waals surface area (Å²) in [6.45, 7) is 0.731. The van der Waals surface area contributed by atoms with E-state index in [9.17, 15) is 5.11 Å². The fourth-order valence-corrected chi connectivity index (χ4v) is 1.26. The van der Waals surface area contributed by atoms with E-state index in [1.54, 1.807) is 0 Å². The molecule has 2 fully saturated rings. The lowest BCUT2D eigenvalue weighted by Crippen LogP contribution is -2.36. The van der Waals surface area contributed by atoms with Crippen molar-refractivity contribution in [3.8, 4) is 0 Å². The van der Waals surface area contributed by atoms with E-state index in [1.807, 2.05) is 0 Å². The highest BCUT2D eigenvalue weighted by Gasteiger charge is 2.32. The van der Waals surface area contributed by atoms with Gasteiger partial charge in [0.25, 0.3) is 0 Å². The summed E-state index contributed by atoms with van der Waals surface area (Å²) in [5, 5.41) is 9.40. The van der Waals surface area contributed by atoms with Crippen molar-refractivity contribution in [2.75, 3.05) is 6.61 Å². The Hall–Kier alpha value is -0.120. The maximum atomic E-state index is 9.40. The lowest BCUT2D eigenvalue weighted by atomic mass is 10.1. The number of hydrogen-bond donors (Lipinski definition) is 1. The summed E-state index contributed by atoms with van der Waals surface area (Å²) in [5.74, 6) is 0. The summed E-state index contributed by atoms with van der Waals surface area (Å²) in [4.78, 5) is 0. The summed E-state index contributed by atoms with van der Waals surface area (Å²) < 4.78 is 10.7. The smallest absolute Gasteiger partial charge is 0.183 e. The number of rotatable bonds is 2. The van der Waals surface area contributed by atoms with E-state index in [0.29, 0.717) is 6.10 Å². The van der Waals surface area contributed by atoms with Crippen LogP contribution in [0.4, 0.5) is 0 Å². The van der Waals surface area contributed by atoms with Gasteiger partial charge in [-0.25, -0.2) is 0 Å². The van der Waals surface area contributed by atoms with Crippen LogP contribution in [0.3, 0.4) is 0 Å². The van der Waals surface area contributed by atoms with Gasteiger partial charge in [-0.1, -0.05) is 0 Å². The standard InChI is InChI=1S/C8H14O3/c9-7-2-1-5-10-8(7)11-6-3-4-6/h6-9H,1-5H2/t7-,8+/m0/s1. The van der Waals surface area contributed by atoms with Crippen LogP contribution in [0.5, 0.6) is 0 Å². The highest BCUT2D eigenvalue weighted by atomic mass is 16.7. The molecule has 0 amide bonds. The average Bonchev–Trinajstić information content (AvgIpc) is 2.78. The van der Waals surface area contributed by atoms with Crippen molar-refractivity contribution in [1.29, 1.82) is 0 Å². The molecule has 1 heterocycles. The van der Waals surface area contributed by atoms with Crippen molar-refractivity contribution in [2.45, 2.75) is 44.2 Å². The predicted octanol–water partition coefficient (Wildman–Crippen LogP) is 0.663. The van der Waals surface area contributed by atoms with Crippen LogP contribution >= 0.6 is 0 Å². The van der Waals surface area contributed by atoms with Crippen LogP contribution in [0.1, 0.15) is 25.7 Å². The third kappa shape index (κ3) is 1.92. The van der Waals surface area contributed by atoms with E-state index in [0.717, 1.165) is 32.3 Å². The van der Waals surface area contributed by atoms with Gasteiger partial charge in [-0.05, 0) is 25.7 Å². The van der Waals surface area contributed by atoms with E-state index in [1.165, 1.54) is 0 Å². The van der Waals surface area contributed by atoms with Gasteiger partial charge in [0.05, 0.1) is 6.10 Å². The van der Waals surface area contributed by atoms with Crippen molar-refractivity contribution < 1.29 is 14.6 Å². The Kier molecular flexibility index (Phi) is 2.11. The second kappa shape index (κ2) is 3.09. The van der Waals surface area contributed by atoms with Crippen molar-refractivity contribution in [1.82, 2.24) is 0 Å². The van der Waals surface area contributed by atoms with Gasteiger partial charge in [0.2, 0.25) is 0 Å². The SMILES string of the molecule is O[C@H]1CCCO[C@@H]1OC1CC1. The molecule has 0 aromatic carbocycles. The summed E-state index contributed by atoms with van der Waals surface area (Å²) in [6, 6.07) is 0. The Labute approximate surface area is 66.3 Å². The first-order chi connectivity index (χ1) is 5.36. The fraction of sp³-hybridized carbons (Fsp3) is 1.00. The number of ether oxygens (including phenoxy) is 2. The third-order valence-corrected chi connectivity index (χ3v) is 2.09. The largest absolute Gasteiger partial charge is 0.388 e. The highest BCUT2D eigenvalue weighted by molar-refractivity contribution is 4.76. The molecule has 1 aliphatic heterocycles. The van der Waals surface area contributed by atoms with Gasteiger partial charge >= 0.3 is 0 Å². The molecule has 2 aliphatic rings. The summed E-state index contributed by atoms with van der Waals surface area (Å²) >= 11 is 0. The Bertz CT molecular complexity index is 133. The van der Waals surface area contributed by atoms with Gasteiger partial charge in [0.1, 0.15) is 6.10 Å². The van der Waals surface area contributed by atoms with Crippen molar-refractivity contribution in [2.24, 2.45) is 0 Å². The molecular formula is C8H14O3. The minimum Gasteiger partial charge on any atom is -0.388 e. The van der Waals surface area contributed by atoms with Crippen LogP contribution in [0, 0.1) is 0 Å². The van der Waals surface area contributed by atoms with Gasteiger partial charge in [-0.15, -0.1) is 0 Å². The zero-order valence-corrected chi connectivity index (χ0v) is 6.53. The summed E-state index contributed by atoms with van der Waals surface area (Å²) in [5.41, 5.74) is 0. The van der Waals surface area contributed by atoms with Crippen LogP contribution in [-0.4, -0.2) is 30.2 Å². The zero-order valence-electron chi connectivity index (χ0n) is 6.53. The summed E-state index contributed by atoms with van der Waals surface area (Å²) in [7, 11) is 0. The number of aliphatic hydroxyl groups excluding tert-OH is 1. The third-order valence-electron chi connectivity index (χ3n) is 2.09. The molecule has 2 rings (SSSR count). The van der Waals surface area contributed by atoms with Crippen molar-refractivity contribution >= 4 is 0 Å². The van der Waals surface area contributed by atoms with Crippen LogP contribution in [-0.2, 0) is 9.47 Å². The zero-order chi connectivity index (χ0) is 7.68. The molecule has 0 spiro atoms. The predicted molar refractivity (Wildman–Crippen MR) is 39.1 cm³/mol. The topological polar surface area (TPSA) is 38.7 Å². The van der Waals surface area contributed by atoms with Crippen LogP contribution in [0.25, 0.3) is 0 Å². The normalized spacial score (nSPS) is 39.0. The van der Waals surface area contributed by atoms with E-state index >= 15 is 0 Å². The van der Waals surface area contributed by atoms with Gasteiger partial charge in [0.15, 0.2) is 6.29 Å². The van der Waals surface area contributed by atoms with E-state index in [2.05, 4.69) is 0 Å². The van der Waals surface area contributed by atoms with Gasteiger partial charge in [-0.3, -0.25) is 0 Å². The molecule has 0 aromatic heterocycles. The molecule has 0 bridgehead atoms. The maximum Gasteiger partial charge on any atom is 0.183 e. The molecule has 2 atom stereocenters. The summed E-state index contributed by atoms with van der Waals surface area (Å²) in [6.07, 6.45) is 3.66. The Morgan fingerprint density at radius 3 is 2.73 bits per heavy atom. The average molecular weight is 158 g/mol. The van der Waals surface area contributed by atoms with Crippen molar-refractivity contribution in [3.63, 3.8) is 0 Å². The first kappa shape index (κ1) is 7.53.